The zero-order chi connectivity index (χ0) is 20.4. The van der Waals surface area contributed by atoms with Crippen LogP contribution in [0, 0.1) is 13.8 Å². The van der Waals surface area contributed by atoms with Crippen molar-refractivity contribution >= 4 is 17.5 Å². The lowest BCUT2D eigenvalue weighted by Gasteiger charge is -2.10. The summed E-state index contributed by atoms with van der Waals surface area (Å²) in [6, 6.07) is 19.2. The van der Waals surface area contributed by atoms with Gasteiger partial charge in [0.05, 0.1) is 11.4 Å². The van der Waals surface area contributed by atoms with Crippen LogP contribution < -0.4 is 15.8 Å². The molecule has 4 aromatic rings. The lowest BCUT2D eigenvalue weighted by atomic mass is 10.1. The van der Waals surface area contributed by atoms with Crippen molar-refractivity contribution in [3.05, 3.63) is 72.1 Å². The van der Waals surface area contributed by atoms with Crippen LogP contribution in [0.2, 0.25) is 0 Å². The van der Waals surface area contributed by atoms with E-state index in [4.69, 9.17) is 10.5 Å². The summed E-state index contributed by atoms with van der Waals surface area (Å²) >= 11 is 0. The minimum absolute atomic E-state index is 0.205. The Labute approximate surface area is 169 Å². The van der Waals surface area contributed by atoms with E-state index in [1.807, 2.05) is 86.2 Å². The Morgan fingerprint density at radius 3 is 2.28 bits per heavy atom. The van der Waals surface area contributed by atoms with Crippen molar-refractivity contribution in [1.29, 1.82) is 0 Å². The predicted octanol–water partition coefficient (Wildman–Crippen LogP) is 4.61. The lowest BCUT2D eigenvalue weighted by Crippen LogP contribution is -2.02. The minimum atomic E-state index is 0.205. The average Bonchev–Trinajstić information content (AvgIpc) is 2.95. The SMILES string of the molecule is Cc1nn(C)c(C)c1-c1cc(Nc2ccc(Oc3ccccc3)cc2)nc(N)n1. The van der Waals surface area contributed by atoms with Crippen molar-refractivity contribution in [3.8, 4) is 22.8 Å². The molecule has 2 aromatic heterocycles. The molecule has 0 aliphatic rings. The number of nitrogens with one attached hydrogen (secondary N) is 1. The van der Waals surface area contributed by atoms with Crippen LogP contribution in [0.15, 0.2) is 60.7 Å². The number of aryl methyl sites for hydroxylation is 2. The van der Waals surface area contributed by atoms with E-state index in [-0.39, 0.29) is 5.95 Å². The first-order valence-electron chi connectivity index (χ1n) is 9.25. The maximum absolute atomic E-state index is 5.96. The van der Waals surface area contributed by atoms with Gasteiger partial charge < -0.3 is 15.8 Å². The molecular weight excluding hydrogens is 364 g/mol. The summed E-state index contributed by atoms with van der Waals surface area (Å²) < 4.78 is 7.66. The van der Waals surface area contributed by atoms with Crippen LogP contribution in [0.3, 0.4) is 0 Å². The fourth-order valence-electron chi connectivity index (χ4n) is 3.18. The number of rotatable bonds is 5. The van der Waals surface area contributed by atoms with Gasteiger partial charge in [0.2, 0.25) is 5.95 Å². The molecule has 29 heavy (non-hydrogen) atoms. The van der Waals surface area contributed by atoms with Gasteiger partial charge in [0.25, 0.3) is 0 Å². The molecule has 7 heteroatoms. The van der Waals surface area contributed by atoms with Gasteiger partial charge in [-0.3, -0.25) is 4.68 Å². The highest BCUT2D eigenvalue weighted by Gasteiger charge is 2.15. The number of hydrogen-bond donors (Lipinski definition) is 2. The van der Waals surface area contributed by atoms with E-state index in [0.717, 1.165) is 39.8 Å². The smallest absolute Gasteiger partial charge is 0.222 e. The Morgan fingerprint density at radius 2 is 1.62 bits per heavy atom. The second-order valence-corrected chi connectivity index (χ2v) is 6.73. The first kappa shape index (κ1) is 18.5. The monoisotopic (exact) mass is 386 g/mol. The molecule has 0 saturated carbocycles. The molecule has 0 atom stereocenters. The van der Waals surface area contributed by atoms with Gasteiger partial charge in [0.1, 0.15) is 17.3 Å². The van der Waals surface area contributed by atoms with Crippen molar-refractivity contribution in [1.82, 2.24) is 19.7 Å². The van der Waals surface area contributed by atoms with Gasteiger partial charge in [-0.05, 0) is 50.2 Å². The van der Waals surface area contributed by atoms with Crippen molar-refractivity contribution in [3.63, 3.8) is 0 Å². The molecule has 146 valence electrons. The summed E-state index contributed by atoms with van der Waals surface area (Å²) in [5.74, 6) is 2.37. The second-order valence-electron chi connectivity index (χ2n) is 6.73. The number of nitrogen functional groups attached to an aromatic ring is 1. The zero-order valence-electron chi connectivity index (χ0n) is 16.5. The highest BCUT2D eigenvalue weighted by atomic mass is 16.5. The molecule has 0 unspecified atom stereocenters. The normalized spacial score (nSPS) is 10.7. The average molecular weight is 386 g/mol. The number of hydrogen-bond acceptors (Lipinski definition) is 6. The number of nitrogens with two attached hydrogens (primary N) is 1. The highest BCUT2D eigenvalue weighted by Crippen LogP contribution is 2.29. The fourth-order valence-corrected chi connectivity index (χ4v) is 3.18. The molecule has 3 N–H and O–H groups in total. The van der Waals surface area contributed by atoms with Crippen molar-refractivity contribution < 1.29 is 4.74 Å². The van der Waals surface area contributed by atoms with E-state index in [0.29, 0.717) is 5.82 Å². The molecular formula is C22H22N6O. The van der Waals surface area contributed by atoms with Gasteiger partial charge in [-0.15, -0.1) is 0 Å². The van der Waals surface area contributed by atoms with Crippen LogP contribution in [0.5, 0.6) is 11.5 Å². The summed E-state index contributed by atoms with van der Waals surface area (Å²) in [5, 5.41) is 7.73. The molecule has 0 spiro atoms. The van der Waals surface area contributed by atoms with Gasteiger partial charge in [-0.25, -0.2) is 4.98 Å². The van der Waals surface area contributed by atoms with Crippen molar-refractivity contribution in [2.75, 3.05) is 11.1 Å². The Balaban J connectivity index is 1.56. The summed E-state index contributed by atoms with van der Waals surface area (Å²) in [6.07, 6.45) is 0. The Bertz CT molecular complexity index is 1140. The molecule has 2 aromatic carbocycles. The summed E-state index contributed by atoms with van der Waals surface area (Å²) in [6.45, 7) is 3.96. The largest absolute Gasteiger partial charge is 0.457 e. The van der Waals surface area contributed by atoms with E-state index < -0.39 is 0 Å². The quantitative estimate of drug-likeness (QED) is 0.520. The first-order chi connectivity index (χ1) is 14.0. The third-order valence-corrected chi connectivity index (χ3v) is 4.61. The number of anilines is 3. The predicted molar refractivity (Wildman–Crippen MR) is 114 cm³/mol. The summed E-state index contributed by atoms with van der Waals surface area (Å²) in [5.41, 5.74) is 10.5. The topological polar surface area (TPSA) is 90.9 Å². The standard InChI is InChI=1S/C22H22N6O/c1-14-21(15(2)28(3)27-14)19-13-20(26-22(23)25-19)24-16-9-11-18(12-10-16)29-17-7-5-4-6-8-17/h4-13H,1-3H3,(H3,23,24,25,26). The van der Waals surface area contributed by atoms with Crippen LogP contribution in [0.4, 0.5) is 17.5 Å². The Kier molecular flexibility index (Phi) is 4.87. The third-order valence-electron chi connectivity index (χ3n) is 4.61. The molecule has 7 nitrogen and oxygen atoms in total. The second kappa shape index (κ2) is 7.63. The van der Waals surface area contributed by atoms with E-state index in [1.165, 1.54) is 0 Å². The molecule has 0 bridgehead atoms. The van der Waals surface area contributed by atoms with Crippen molar-refractivity contribution in [2.24, 2.45) is 7.05 Å². The van der Waals surface area contributed by atoms with Gasteiger partial charge >= 0.3 is 0 Å². The number of para-hydroxylation sites is 1. The van der Waals surface area contributed by atoms with E-state index in [9.17, 15) is 0 Å². The lowest BCUT2D eigenvalue weighted by molar-refractivity contribution is 0.483. The maximum atomic E-state index is 5.96. The fraction of sp³-hybridized carbons (Fsp3) is 0.136. The molecule has 0 radical (unpaired) electrons. The number of ether oxygens (including phenoxy) is 1. The van der Waals surface area contributed by atoms with Gasteiger partial charge in [-0.2, -0.15) is 10.1 Å². The van der Waals surface area contributed by atoms with Crippen LogP contribution >= 0.6 is 0 Å². The molecule has 0 fully saturated rings. The molecule has 0 amide bonds. The van der Waals surface area contributed by atoms with E-state index >= 15 is 0 Å². The summed E-state index contributed by atoms with van der Waals surface area (Å²) in [4.78, 5) is 8.70. The number of aromatic nitrogens is 4. The molecule has 0 aliphatic heterocycles. The number of nitrogens with zero attached hydrogens (tertiary/aromatic N) is 4. The van der Waals surface area contributed by atoms with Gasteiger partial charge in [0.15, 0.2) is 0 Å². The van der Waals surface area contributed by atoms with E-state index in [2.05, 4.69) is 20.4 Å². The minimum Gasteiger partial charge on any atom is -0.457 e. The molecule has 2 heterocycles. The maximum Gasteiger partial charge on any atom is 0.222 e. The van der Waals surface area contributed by atoms with Crippen LogP contribution in [-0.2, 0) is 7.05 Å². The van der Waals surface area contributed by atoms with Crippen LogP contribution in [0.25, 0.3) is 11.3 Å². The first-order valence-corrected chi connectivity index (χ1v) is 9.25. The van der Waals surface area contributed by atoms with Gasteiger partial charge in [0, 0.05) is 30.1 Å². The zero-order valence-corrected chi connectivity index (χ0v) is 16.5. The van der Waals surface area contributed by atoms with Gasteiger partial charge in [-0.1, -0.05) is 18.2 Å². The highest BCUT2D eigenvalue weighted by molar-refractivity contribution is 5.70. The number of benzene rings is 2. The van der Waals surface area contributed by atoms with Crippen LogP contribution in [-0.4, -0.2) is 19.7 Å². The molecule has 0 saturated heterocycles. The summed E-state index contributed by atoms with van der Waals surface area (Å²) in [7, 11) is 1.91. The Morgan fingerprint density at radius 1 is 0.931 bits per heavy atom. The van der Waals surface area contributed by atoms with Crippen LogP contribution in [0.1, 0.15) is 11.4 Å². The third kappa shape index (κ3) is 4.03. The molecule has 4 rings (SSSR count). The van der Waals surface area contributed by atoms with E-state index in [1.54, 1.807) is 0 Å². The molecule has 0 aliphatic carbocycles. The van der Waals surface area contributed by atoms with Crippen molar-refractivity contribution in [2.45, 2.75) is 13.8 Å². The Hall–Kier alpha value is -3.87.